The summed E-state index contributed by atoms with van der Waals surface area (Å²) in [6.45, 7) is 7.23. The number of benzene rings is 1. The number of hydrogen-bond donors (Lipinski definition) is 1. The average Bonchev–Trinajstić information content (AvgIpc) is 2.39. The van der Waals surface area contributed by atoms with Crippen LogP contribution in [0.5, 0.6) is 5.75 Å². The minimum Gasteiger partial charge on any atom is -0.481 e. The number of carbonyl (C=O) groups is 1. The van der Waals surface area contributed by atoms with Crippen LogP contribution in [0.4, 0.5) is 0 Å². The Balaban J connectivity index is 2.82. The average molecular weight is 334 g/mol. The quantitative estimate of drug-likeness (QED) is 0.812. The van der Waals surface area contributed by atoms with E-state index >= 15 is 0 Å². The second kappa shape index (κ2) is 7.13. The van der Waals surface area contributed by atoms with Gasteiger partial charge in [-0.3, -0.25) is 4.79 Å². The highest BCUT2D eigenvalue weighted by molar-refractivity contribution is 8.13. The van der Waals surface area contributed by atoms with E-state index in [1.165, 1.54) is 18.2 Å². The van der Waals surface area contributed by atoms with Crippen molar-refractivity contribution in [1.29, 1.82) is 0 Å². The molecular weight excluding hydrogens is 314 g/mol. The van der Waals surface area contributed by atoms with Crippen molar-refractivity contribution >= 4 is 25.6 Å². The van der Waals surface area contributed by atoms with Crippen LogP contribution in [0.15, 0.2) is 23.1 Å². The third-order valence-corrected chi connectivity index (χ3v) is 4.45. The first-order valence-electron chi connectivity index (χ1n) is 6.67. The van der Waals surface area contributed by atoms with E-state index in [1.54, 1.807) is 13.8 Å². The zero-order chi connectivity index (χ0) is 16.2. The molecule has 118 valence electrons. The van der Waals surface area contributed by atoms with Crippen molar-refractivity contribution < 1.29 is 17.9 Å². The number of nitrogens with one attached hydrogen (secondary N) is 1. The number of carbonyl (C=O) groups excluding carboxylic acids is 1. The Morgan fingerprint density at radius 2 is 2.00 bits per heavy atom. The van der Waals surface area contributed by atoms with Gasteiger partial charge in [-0.15, -0.1) is 0 Å². The molecule has 1 amide bonds. The van der Waals surface area contributed by atoms with Gasteiger partial charge in [-0.2, -0.15) is 0 Å². The van der Waals surface area contributed by atoms with Gasteiger partial charge >= 0.3 is 0 Å². The molecule has 0 aromatic heterocycles. The zero-order valence-corrected chi connectivity index (χ0v) is 14.1. The smallest absolute Gasteiger partial charge is 0.261 e. The molecule has 1 rings (SSSR count). The Kier molecular flexibility index (Phi) is 6.04. The minimum absolute atomic E-state index is 0.00530. The first kappa shape index (κ1) is 17.8. The predicted octanol–water partition coefficient (Wildman–Crippen LogP) is 2.60. The predicted molar refractivity (Wildman–Crippen MR) is 82.2 cm³/mol. The van der Waals surface area contributed by atoms with Gasteiger partial charge in [0.05, 0.1) is 4.90 Å². The third-order valence-electron chi connectivity index (χ3n) is 3.10. The molecule has 1 N–H and O–H groups in total. The molecular formula is C14H20ClNO4S. The van der Waals surface area contributed by atoms with E-state index in [1.807, 2.05) is 13.8 Å². The molecule has 2 atom stereocenters. The molecule has 0 aliphatic rings. The number of hydrogen-bond acceptors (Lipinski definition) is 4. The number of rotatable bonds is 6. The minimum atomic E-state index is -3.77. The highest BCUT2D eigenvalue weighted by Gasteiger charge is 2.18. The first-order chi connectivity index (χ1) is 9.65. The summed E-state index contributed by atoms with van der Waals surface area (Å²) in [5.41, 5.74) is 0.597. The monoisotopic (exact) mass is 333 g/mol. The Morgan fingerprint density at radius 1 is 1.38 bits per heavy atom. The van der Waals surface area contributed by atoms with Crippen LogP contribution in [0.3, 0.4) is 0 Å². The fourth-order valence-corrected chi connectivity index (χ4v) is 2.45. The largest absolute Gasteiger partial charge is 0.481 e. The molecule has 0 saturated carbocycles. The second-order valence-electron chi connectivity index (χ2n) is 4.94. The number of ether oxygens (including phenoxy) is 1. The molecule has 0 aliphatic carbocycles. The summed E-state index contributed by atoms with van der Waals surface area (Å²) in [6.07, 6.45) is 0.163. The lowest BCUT2D eigenvalue weighted by atomic mass is 10.2. The van der Waals surface area contributed by atoms with Gasteiger partial charge in [0.1, 0.15) is 5.75 Å². The Hall–Kier alpha value is -1.27. The molecule has 0 bridgehead atoms. The van der Waals surface area contributed by atoms with E-state index in [4.69, 9.17) is 15.4 Å². The van der Waals surface area contributed by atoms with Crippen LogP contribution in [0.2, 0.25) is 0 Å². The van der Waals surface area contributed by atoms with Crippen LogP contribution in [-0.2, 0) is 13.8 Å². The van der Waals surface area contributed by atoms with Crippen molar-refractivity contribution in [2.24, 2.45) is 0 Å². The second-order valence-corrected chi connectivity index (χ2v) is 7.51. The number of aryl methyl sites for hydroxylation is 1. The summed E-state index contributed by atoms with van der Waals surface area (Å²) in [5.74, 6) is 0.239. The molecule has 5 nitrogen and oxygen atoms in total. The van der Waals surface area contributed by atoms with Crippen molar-refractivity contribution in [3.8, 4) is 5.75 Å². The van der Waals surface area contributed by atoms with E-state index < -0.39 is 15.2 Å². The normalized spacial score (nSPS) is 14.3. The summed E-state index contributed by atoms with van der Waals surface area (Å²) >= 11 is 0. The standard InChI is InChI=1S/C14H20ClNO4S/c1-5-10(3)16-14(17)11(4)20-13-7-6-12(8-9(13)2)21(15,18)19/h6-8,10-11H,5H2,1-4H3,(H,16,17). The third kappa shape index (κ3) is 5.21. The molecule has 21 heavy (non-hydrogen) atoms. The van der Waals surface area contributed by atoms with Crippen LogP contribution in [0.1, 0.15) is 32.8 Å². The Bertz CT molecular complexity index is 615. The lowest BCUT2D eigenvalue weighted by molar-refractivity contribution is -0.127. The maximum absolute atomic E-state index is 11.9. The van der Waals surface area contributed by atoms with Gasteiger partial charge in [-0.25, -0.2) is 8.42 Å². The molecule has 0 fully saturated rings. The molecule has 7 heteroatoms. The molecule has 0 spiro atoms. The van der Waals surface area contributed by atoms with Crippen molar-refractivity contribution in [1.82, 2.24) is 5.32 Å². The van der Waals surface area contributed by atoms with Gasteiger partial charge in [-0.05, 0) is 51.0 Å². The summed E-state index contributed by atoms with van der Waals surface area (Å²) in [6, 6.07) is 4.34. The van der Waals surface area contributed by atoms with Crippen molar-refractivity contribution in [3.05, 3.63) is 23.8 Å². The Labute approximate surface area is 130 Å². The molecule has 2 unspecified atom stereocenters. The summed E-state index contributed by atoms with van der Waals surface area (Å²) in [5, 5.41) is 2.82. The zero-order valence-electron chi connectivity index (χ0n) is 12.5. The summed E-state index contributed by atoms with van der Waals surface area (Å²) < 4.78 is 28.1. The SMILES string of the molecule is CCC(C)NC(=O)C(C)Oc1ccc(S(=O)(=O)Cl)cc1C. The van der Waals surface area contributed by atoms with E-state index in [0.717, 1.165) is 6.42 Å². The van der Waals surface area contributed by atoms with Crippen molar-refractivity contribution in [2.45, 2.75) is 51.2 Å². The van der Waals surface area contributed by atoms with E-state index in [-0.39, 0.29) is 16.8 Å². The van der Waals surface area contributed by atoms with Gasteiger partial charge in [-0.1, -0.05) is 6.92 Å². The first-order valence-corrected chi connectivity index (χ1v) is 8.98. The number of amides is 1. The fourth-order valence-electron chi connectivity index (χ4n) is 1.61. The topological polar surface area (TPSA) is 72.5 Å². The van der Waals surface area contributed by atoms with Crippen molar-refractivity contribution in [3.63, 3.8) is 0 Å². The van der Waals surface area contributed by atoms with Gasteiger partial charge in [0.15, 0.2) is 6.10 Å². The van der Waals surface area contributed by atoms with E-state index in [9.17, 15) is 13.2 Å². The van der Waals surface area contributed by atoms with Crippen LogP contribution in [0, 0.1) is 6.92 Å². The fraction of sp³-hybridized carbons (Fsp3) is 0.500. The highest BCUT2D eigenvalue weighted by atomic mass is 35.7. The highest BCUT2D eigenvalue weighted by Crippen LogP contribution is 2.24. The van der Waals surface area contributed by atoms with Crippen LogP contribution in [-0.4, -0.2) is 26.5 Å². The molecule has 0 heterocycles. The van der Waals surface area contributed by atoms with Crippen LogP contribution < -0.4 is 10.1 Å². The lowest BCUT2D eigenvalue weighted by Gasteiger charge is -2.19. The van der Waals surface area contributed by atoms with Crippen LogP contribution >= 0.6 is 10.7 Å². The molecule has 1 aromatic rings. The van der Waals surface area contributed by atoms with E-state index in [0.29, 0.717) is 11.3 Å². The lowest BCUT2D eigenvalue weighted by Crippen LogP contribution is -2.41. The summed E-state index contributed by atoms with van der Waals surface area (Å²) in [4.78, 5) is 11.9. The van der Waals surface area contributed by atoms with Gasteiger partial charge in [0.2, 0.25) is 0 Å². The van der Waals surface area contributed by atoms with Crippen molar-refractivity contribution in [2.75, 3.05) is 0 Å². The molecule has 1 aromatic carbocycles. The maximum atomic E-state index is 11.9. The van der Waals surface area contributed by atoms with Gasteiger partial charge in [0, 0.05) is 16.7 Å². The molecule has 0 radical (unpaired) electrons. The number of halogens is 1. The maximum Gasteiger partial charge on any atom is 0.261 e. The van der Waals surface area contributed by atoms with E-state index in [2.05, 4.69) is 5.32 Å². The van der Waals surface area contributed by atoms with Crippen LogP contribution in [0.25, 0.3) is 0 Å². The molecule has 0 saturated heterocycles. The van der Waals surface area contributed by atoms with Gasteiger partial charge in [0.25, 0.3) is 15.0 Å². The summed E-state index contributed by atoms with van der Waals surface area (Å²) in [7, 11) is 1.51. The molecule has 0 aliphatic heterocycles. The Morgan fingerprint density at radius 3 is 2.48 bits per heavy atom. The van der Waals surface area contributed by atoms with Gasteiger partial charge < -0.3 is 10.1 Å².